The number of carboxylic acid groups (broad SMARTS) is 9. The van der Waals surface area contributed by atoms with Crippen LogP contribution in [0.1, 0.15) is 82.6 Å². The molecule has 0 heterocycles. The number of nitrogens with one attached hydrogen (secondary N) is 16. The molecule has 1 rings (SSSR count). The molecule has 123 heavy (non-hydrogen) atoms. The molecular formula is C63H92F9N19O32. The maximum atomic E-state index is 13.8. The zero-order valence-corrected chi connectivity index (χ0v) is 64.1. The van der Waals surface area contributed by atoms with E-state index >= 15 is 0 Å². The Morgan fingerprint density at radius 2 is 0.610 bits per heavy atom. The van der Waals surface area contributed by atoms with Gasteiger partial charge in [-0.05, 0) is 44.1 Å². The van der Waals surface area contributed by atoms with Crippen molar-refractivity contribution in [2.24, 2.45) is 17.2 Å². The van der Waals surface area contributed by atoms with E-state index in [4.69, 9.17) is 97.4 Å². The summed E-state index contributed by atoms with van der Waals surface area (Å²) in [5, 5.41) is 129. The predicted molar refractivity (Wildman–Crippen MR) is 388 cm³/mol. The molecule has 0 spiro atoms. The number of hydrogen-bond donors (Lipinski definition) is 28. The highest BCUT2D eigenvalue weighted by atomic mass is 19.4. The van der Waals surface area contributed by atoms with Crippen molar-refractivity contribution in [1.29, 1.82) is 16.2 Å². The van der Waals surface area contributed by atoms with Gasteiger partial charge in [-0.3, -0.25) is 73.8 Å². The van der Waals surface area contributed by atoms with Gasteiger partial charge in [-0.1, -0.05) is 30.3 Å². The number of alkyl carbamates (subject to hydrolysis) is 1. The molecule has 10 amide bonds. The molecule has 31 N–H and O–H groups in total. The first-order valence-corrected chi connectivity index (χ1v) is 34.7. The van der Waals surface area contributed by atoms with Crippen molar-refractivity contribution >= 4 is 131 Å². The van der Waals surface area contributed by atoms with Gasteiger partial charge in [-0.15, -0.1) is 0 Å². The second kappa shape index (κ2) is 59.6. The molecule has 0 saturated carbocycles. The van der Waals surface area contributed by atoms with E-state index < -0.39 is 289 Å². The number of rotatable bonds is 54. The first-order valence-electron chi connectivity index (χ1n) is 34.7. The molecule has 0 saturated heterocycles. The van der Waals surface area contributed by atoms with Crippen molar-refractivity contribution in [2.45, 2.75) is 144 Å². The maximum absolute atomic E-state index is 13.8. The molecule has 6 atom stereocenters. The SMILES string of the molecule is N=C(N)NCCC[C@H](NC(=O)CCOCC(COCCC(=O)N[C@@H](CCCNC(=N)N)C(=O)NCC(=O)N[C@@H](CC(=O)O)C(=O)O)(COCCC(=O)N[C@@H](CCCNC(=N)N)C(=O)NCC(=O)N[C@@H](CC(=O)O)C(=O)O)NC(=O)OCc1ccccc1)C(=O)NCC(=O)N[C@@H](CC(=O)O)C(=O)O.O=C(O)C(F)(F)F.O=C(O)C(F)(F)F.O=C(O)C(F)(F)F. The Bertz CT molecular complexity index is 3430. The number of aliphatic carboxylic acids is 9. The molecule has 0 aliphatic carbocycles. The summed E-state index contributed by atoms with van der Waals surface area (Å²) in [4.78, 5) is 227. The van der Waals surface area contributed by atoms with Crippen LogP contribution in [0.3, 0.4) is 0 Å². The zero-order valence-electron chi connectivity index (χ0n) is 64.1. The molecule has 0 bridgehead atoms. The zero-order chi connectivity index (χ0) is 95.0. The Kier molecular flexibility index (Phi) is 54.9. The van der Waals surface area contributed by atoms with E-state index in [1.165, 1.54) is 0 Å². The number of amides is 10. The molecule has 0 radical (unpaired) electrons. The van der Waals surface area contributed by atoms with Gasteiger partial charge in [-0.25, -0.2) is 33.6 Å². The molecule has 0 aliphatic heterocycles. The van der Waals surface area contributed by atoms with E-state index in [0.29, 0.717) is 5.56 Å². The first kappa shape index (κ1) is 113. The topological polar surface area (TPSA) is 849 Å². The number of carbonyl (C=O) groups is 19. The third-order valence-electron chi connectivity index (χ3n) is 14.1. The van der Waals surface area contributed by atoms with Crippen molar-refractivity contribution in [3.63, 3.8) is 0 Å². The summed E-state index contributed by atoms with van der Waals surface area (Å²) in [6, 6.07) is -1.60. The highest BCUT2D eigenvalue weighted by molar-refractivity contribution is 5.95. The van der Waals surface area contributed by atoms with Gasteiger partial charge in [0.1, 0.15) is 48.4 Å². The lowest BCUT2D eigenvalue weighted by molar-refractivity contribution is -0.193. The van der Waals surface area contributed by atoms with Crippen molar-refractivity contribution in [3.05, 3.63) is 35.9 Å². The van der Waals surface area contributed by atoms with E-state index in [9.17, 15) is 132 Å². The van der Waals surface area contributed by atoms with Crippen LogP contribution in [0.15, 0.2) is 30.3 Å². The molecule has 1 aromatic rings. The quantitative estimate of drug-likeness (QED) is 0.0125. The van der Waals surface area contributed by atoms with E-state index in [1.54, 1.807) is 30.3 Å². The minimum Gasteiger partial charge on any atom is -0.481 e. The van der Waals surface area contributed by atoms with Crippen molar-refractivity contribution in [2.75, 3.05) is 78.9 Å². The Labute approximate surface area is 686 Å². The standard InChI is InChI=1S/C57H89N19O26.3C2HF3O2/c58-53(59)64-15-4-9-32(47(89)67-24-41(80)73-35(50(92)93)21-44(83)84)70-38(77)12-18-99-28-57(76-56(98)102-27-31-7-2-1-3-8-31,29-100-19-13-39(78)71-33(10-5-16-65-54(60)61)48(90)68-25-42(81)74-36(51(94)95)22-45(85)86)30-101-20-14-40(79)72-34(11-6-17-66-55(62)63)49(91)69-26-43(82)75-37(52(96)97)23-46(87)88;3*3-2(4,5)1(6)7/h1-3,7-8,32-37H,4-6,9-30H2,(H,67,89)(H,68,90)(H,69,91)(H,70,77)(H,71,78)(H,72,79)(H,73,80)(H,74,81)(H,75,82)(H,76,98)(H,83,84)(H,85,86)(H,87,88)(H,92,93)(H,94,95)(H,96,97)(H4,58,59,64)(H4,60,61,65)(H4,62,63,66);3*(H,6,7)/t32-,33-,34-,35-,36-,37-;;;/m0.../s1. The lowest BCUT2D eigenvalue weighted by Gasteiger charge is -2.34. The second-order valence-corrected chi connectivity index (χ2v) is 24.4. The smallest absolute Gasteiger partial charge is 0.481 e. The molecule has 51 nitrogen and oxygen atoms in total. The minimum absolute atomic E-state index is 0.0224. The average molecular weight is 1800 g/mol. The Hall–Kier alpha value is -14.0. The van der Waals surface area contributed by atoms with E-state index in [1.807, 2.05) is 16.0 Å². The average Bonchev–Trinajstić information content (AvgIpc) is 0.842. The number of hydrogen-bond acceptors (Lipinski definition) is 26. The number of carbonyl (C=O) groups excluding carboxylic acids is 10. The highest BCUT2D eigenvalue weighted by Crippen LogP contribution is 2.17. The summed E-state index contributed by atoms with van der Waals surface area (Å²) in [6.45, 7) is -6.48. The Balaban J connectivity index is -0.00000601. The monoisotopic (exact) mass is 1800 g/mol. The van der Waals surface area contributed by atoms with Crippen LogP contribution in [0.25, 0.3) is 0 Å². The van der Waals surface area contributed by atoms with Gasteiger partial charge in [-0.2, -0.15) is 39.5 Å². The normalized spacial score (nSPS) is 12.7. The molecular weight excluding hydrogens is 1710 g/mol. The summed E-state index contributed by atoms with van der Waals surface area (Å²) >= 11 is 0. The van der Waals surface area contributed by atoms with E-state index in [0.717, 1.165) is 0 Å². The number of carboxylic acids is 9. The summed E-state index contributed by atoms with van der Waals surface area (Å²) in [5.74, 6) is -28.1. The molecule has 0 unspecified atom stereocenters. The van der Waals surface area contributed by atoms with Gasteiger partial charge < -0.3 is 151 Å². The molecule has 0 aliphatic rings. The van der Waals surface area contributed by atoms with Gasteiger partial charge in [0, 0.05) is 38.9 Å². The van der Waals surface area contributed by atoms with Crippen LogP contribution in [0.5, 0.6) is 0 Å². The summed E-state index contributed by atoms with van der Waals surface area (Å²) < 4.78 is 118. The van der Waals surface area contributed by atoms with Crippen LogP contribution in [-0.4, -0.2) is 316 Å². The number of benzene rings is 1. The van der Waals surface area contributed by atoms with E-state index in [-0.39, 0.29) is 64.8 Å². The summed E-state index contributed by atoms with van der Waals surface area (Å²) in [5.41, 5.74) is 14.6. The number of alkyl halides is 9. The van der Waals surface area contributed by atoms with Crippen molar-refractivity contribution in [1.82, 2.24) is 69.1 Å². The van der Waals surface area contributed by atoms with Crippen LogP contribution in [-0.2, 0) is 112 Å². The van der Waals surface area contributed by atoms with E-state index in [2.05, 4.69) is 53.2 Å². The highest BCUT2D eigenvalue weighted by Gasteiger charge is 2.41. The summed E-state index contributed by atoms with van der Waals surface area (Å²) in [7, 11) is 0. The first-order chi connectivity index (χ1) is 56.9. The fraction of sp³-hybridized carbons (Fsp3) is 0.556. The molecule has 694 valence electrons. The fourth-order valence-electron chi connectivity index (χ4n) is 8.43. The molecule has 0 fully saturated rings. The van der Waals surface area contributed by atoms with Gasteiger partial charge in [0.15, 0.2) is 17.9 Å². The lowest BCUT2D eigenvalue weighted by atomic mass is 10.0. The Morgan fingerprint density at radius 1 is 0.366 bits per heavy atom. The molecule has 60 heteroatoms. The van der Waals surface area contributed by atoms with Gasteiger partial charge in [0.2, 0.25) is 53.2 Å². The Morgan fingerprint density at radius 3 is 0.829 bits per heavy atom. The van der Waals surface area contributed by atoms with Crippen LogP contribution >= 0.6 is 0 Å². The number of halogens is 9. The third-order valence-corrected chi connectivity index (χ3v) is 14.1. The van der Waals surface area contributed by atoms with Crippen LogP contribution in [0.4, 0.5) is 44.3 Å². The number of ether oxygens (including phenoxy) is 4. The van der Waals surface area contributed by atoms with Crippen molar-refractivity contribution in [3.8, 4) is 0 Å². The predicted octanol–water partition coefficient (Wildman–Crippen LogP) is -6.50. The number of nitrogens with two attached hydrogens (primary N) is 3. The van der Waals surface area contributed by atoms with Gasteiger partial charge >= 0.3 is 78.3 Å². The van der Waals surface area contributed by atoms with Crippen LogP contribution in [0, 0.1) is 16.2 Å². The molecule has 0 aromatic heterocycles. The van der Waals surface area contributed by atoms with Crippen LogP contribution < -0.4 is 86.3 Å². The summed E-state index contributed by atoms with van der Waals surface area (Å²) in [6.07, 6.45) is -21.3. The largest absolute Gasteiger partial charge is 0.490 e. The van der Waals surface area contributed by atoms with Gasteiger partial charge in [0.25, 0.3) is 0 Å². The molecule has 1 aromatic carbocycles. The van der Waals surface area contributed by atoms with Crippen LogP contribution in [0.2, 0.25) is 0 Å². The second-order valence-electron chi connectivity index (χ2n) is 24.4. The van der Waals surface area contributed by atoms with Crippen molar-refractivity contribution < 1.29 is 196 Å². The maximum Gasteiger partial charge on any atom is 0.490 e. The number of guanidine groups is 3. The third kappa shape index (κ3) is 60.2. The lowest BCUT2D eigenvalue weighted by Crippen LogP contribution is -2.59. The minimum atomic E-state index is -5.08. The van der Waals surface area contributed by atoms with Gasteiger partial charge in [0.05, 0.1) is 78.5 Å². The fourth-order valence-corrected chi connectivity index (χ4v) is 8.43.